The average Bonchev–Trinajstić information content (AvgIpc) is 0.708. The summed E-state index contributed by atoms with van der Waals surface area (Å²) >= 11 is 0. The molecule has 4 heterocycles. The van der Waals surface area contributed by atoms with Crippen molar-refractivity contribution >= 4 is 178 Å². The Kier molecular flexibility index (Phi) is 22.3. The molecule has 2 aliphatic rings. The second-order valence-corrected chi connectivity index (χ2v) is 35.4. The highest BCUT2D eigenvalue weighted by molar-refractivity contribution is 7.87. The van der Waals surface area contributed by atoms with Crippen LogP contribution < -0.4 is 57.8 Å². The summed E-state index contributed by atoms with van der Waals surface area (Å²) in [5.41, 5.74) is -3.21. The van der Waals surface area contributed by atoms with Gasteiger partial charge in [-0.2, -0.15) is 72.0 Å². The predicted octanol–water partition coefficient (Wildman–Crippen LogP) is 9.78. The number of rotatable bonds is 30. The lowest BCUT2D eigenvalue weighted by Crippen LogP contribution is -2.29. The van der Waals surface area contributed by atoms with Crippen LogP contribution in [-0.2, 0) is 80.7 Å². The summed E-state index contributed by atoms with van der Waals surface area (Å²) in [6.45, 7) is -0.617. The third kappa shape index (κ3) is 16.7. The summed E-state index contributed by atoms with van der Waals surface area (Å²) in [6, 6.07) is 42.6. The zero-order valence-corrected chi connectivity index (χ0v) is 69.4. The molecule has 40 nitrogen and oxygen atoms in total. The quantitative estimate of drug-likeness (QED) is 0.00862. The topological polar surface area (TPSA) is 598 Å². The lowest BCUT2D eigenvalue weighted by Gasteiger charge is -2.26. The lowest BCUT2D eigenvalue weighted by atomic mass is 9.80. The Bertz CT molecular complexity index is 7980. The number of nitrogens with one attached hydrogen (secondary N) is 7. The average molecular weight is 1830 g/mol. The fraction of sp³-hybridized carbons (Fsp3) is 0.0602. The smallest absolute Gasteiger partial charge is 0.298 e. The van der Waals surface area contributed by atoms with E-state index in [1.54, 1.807) is 54.6 Å². The molecular formula is C83H59N15O25S5. The summed E-state index contributed by atoms with van der Waals surface area (Å²) in [5.74, 6) is -6.11. The van der Waals surface area contributed by atoms with Gasteiger partial charge < -0.3 is 55.8 Å². The number of aryl methyl sites for hydroxylation is 2. The largest absolute Gasteiger partial charge is 0.427 e. The van der Waals surface area contributed by atoms with Gasteiger partial charge >= 0.3 is 0 Å². The minimum absolute atomic E-state index is 0.00826. The van der Waals surface area contributed by atoms with Crippen LogP contribution in [0.2, 0.25) is 0 Å². The second kappa shape index (κ2) is 33.1. The molecular weight excluding hydrogens is 1770 g/mol. The Labute approximate surface area is 721 Å². The number of hydrogen-bond donors (Lipinski definition) is 12. The van der Waals surface area contributed by atoms with E-state index in [2.05, 4.69) is 67.1 Å². The van der Waals surface area contributed by atoms with Gasteiger partial charge in [0.25, 0.3) is 74.7 Å². The summed E-state index contributed by atoms with van der Waals surface area (Å²) in [4.78, 5) is 135. The van der Waals surface area contributed by atoms with Crippen molar-refractivity contribution in [1.82, 2.24) is 39.0 Å². The molecule has 0 radical (unpaired) electrons. The lowest BCUT2D eigenvalue weighted by molar-refractivity contribution is -0.121. The zero-order chi connectivity index (χ0) is 91.0. The van der Waals surface area contributed by atoms with Crippen molar-refractivity contribution in [1.29, 1.82) is 0 Å². The highest BCUT2D eigenvalue weighted by Crippen LogP contribution is 2.48. The predicted molar refractivity (Wildman–Crippen MR) is 460 cm³/mol. The summed E-state index contributed by atoms with van der Waals surface area (Å²) in [5, 5.41) is 20.4. The molecule has 12 N–H and O–H groups in total. The summed E-state index contributed by atoms with van der Waals surface area (Å²) in [6.07, 6.45) is -0.637. The third-order valence-corrected chi connectivity index (χ3v) is 24.9. The van der Waals surface area contributed by atoms with Gasteiger partial charge in [-0.25, -0.2) is 0 Å². The maximum Gasteiger partial charge on any atom is 0.298 e. The van der Waals surface area contributed by atoms with Crippen molar-refractivity contribution < 1.29 is 103 Å². The molecule has 0 amide bonds. The molecule has 0 atom stereocenters. The molecule has 16 rings (SSSR count). The van der Waals surface area contributed by atoms with Crippen LogP contribution in [0.4, 0.5) is 69.6 Å². The first-order chi connectivity index (χ1) is 60.8. The van der Waals surface area contributed by atoms with Crippen molar-refractivity contribution in [3.8, 4) is 33.8 Å². The minimum Gasteiger partial charge on any atom is -0.427 e. The number of nitrogens with zero attached hydrogens (tertiary/aromatic N) is 8. The zero-order valence-electron chi connectivity index (χ0n) is 65.3. The van der Waals surface area contributed by atoms with Crippen LogP contribution in [-0.4, -0.2) is 153 Å². The van der Waals surface area contributed by atoms with E-state index in [-0.39, 0.29) is 172 Å². The number of benzene rings is 10. The van der Waals surface area contributed by atoms with Gasteiger partial charge in [-0.05, 0) is 126 Å². The first-order valence-corrected chi connectivity index (χ1v) is 44.4. The van der Waals surface area contributed by atoms with E-state index in [4.69, 9.17) is 9.47 Å². The molecule has 0 saturated carbocycles. The molecule has 0 bridgehead atoms. The number of ketones is 4. The number of carbonyl (C=O) groups is 6. The van der Waals surface area contributed by atoms with Crippen LogP contribution in [0.15, 0.2) is 234 Å². The van der Waals surface area contributed by atoms with Crippen LogP contribution in [0.25, 0.3) is 44.1 Å². The van der Waals surface area contributed by atoms with E-state index in [1.807, 2.05) is 0 Å². The molecule has 2 aliphatic carbocycles. The highest BCUT2D eigenvalue weighted by atomic mass is 32.2. The molecule has 0 fully saturated rings. The number of ether oxygens (including phenoxy) is 2. The molecule has 4 aromatic heterocycles. The molecule has 646 valence electrons. The van der Waals surface area contributed by atoms with Crippen LogP contribution in [0, 0.1) is 0 Å². The van der Waals surface area contributed by atoms with E-state index in [9.17, 15) is 98.4 Å². The summed E-state index contributed by atoms with van der Waals surface area (Å²) < 4.78 is 192. The van der Waals surface area contributed by atoms with Gasteiger partial charge in [-0.3, -0.25) is 61.1 Å². The molecule has 0 saturated heterocycles. The maximum absolute atomic E-state index is 15.0. The molecule has 0 spiro atoms. The first kappa shape index (κ1) is 86.0. The van der Waals surface area contributed by atoms with Gasteiger partial charge in [-0.15, -0.1) is 0 Å². The Morgan fingerprint density at radius 2 is 0.797 bits per heavy atom. The van der Waals surface area contributed by atoms with Crippen molar-refractivity contribution in [2.24, 2.45) is 14.1 Å². The molecule has 128 heavy (non-hydrogen) atoms. The Balaban J connectivity index is 0.748. The van der Waals surface area contributed by atoms with Gasteiger partial charge in [0.05, 0.1) is 81.3 Å². The SMILES string of the molecule is Cn1c(=O)c(C(=O)c2ccccc2)c2c3c(c(Nc4ccc(S(=O)(=O)O)c(Cc5nc(NCCNc6nc(Nc7ccc(S(=O)(=O)O)c(Nc8ccc9c%10c8C(=O)c8ccccc8-c%10c(C(=O)c8cccc(S(=O)(=O)O)c8)c(=O)n9C)c7)nc(Nc7cc(S(=O)(=O)O)ccc7OC=O)n6)nc(Nc6cc(S(=O)(=O)O)ccc6OC=O)n5)c4)ccc31)C(=O)c1ccccc1-2. The van der Waals surface area contributed by atoms with Gasteiger partial charge in [0.2, 0.25) is 29.7 Å². The van der Waals surface area contributed by atoms with Gasteiger partial charge in [0, 0.05) is 89.1 Å². The van der Waals surface area contributed by atoms with Crippen molar-refractivity contribution in [2.75, 3.05) is 50.3 Å². The Morgan fingerprint density at radius 1 is 0.375 bits per heavy atom. The first-order valence-electron chi connectivity index (χ1n) is 37.2. The third-order valence-electron chi connectivity index (χ3n) is 20.4. The fourth-order valence-corrected chi connectivity index (χ4v) is 17.7. The maximum atomic E-state index is 15.0. The van der Waals surface area contributed by atoms with E-state index in [0.717, 1.165) is 83.4 Å². The normalized spacial score (nSPS) is 12.3. The monoisotopic (exact) mass is 1830 g/mol. The van der Waals surface area contributed by atoms with Gasteiger partial charge in [-0.1, -0.05) is 91.0 Å². The van der Waals surface area contributed by atoms with E-state index in [1.165, 1.54) is 85.4 Å². The number of aromatic nitrogens is 8. The molecule has 0 aliphatic heterocycles. The standard InChI is InChI=1S/C83H59N15O25S5/c1-97-58-25-23-53(67-69(58)65(49-15-6-8-17-51(49)75(67)103)71(77(97)105)73(101)41-11-4-3-5-12-41)86-44-19-29-62(127(116,117)118)43(33-44)35-64-91-79(93-82(92-64)89-55-37-47(125(110,111)112)21-27-60(55)122-39-99)84-31-32-85-80-94-81(96-83(95-80)90-56-38-48(126(113,114)115)22-28-61(56)123-40-100)87-45-20-30-63(128(119,120)121)57(36-45)88-54-24-26-59-70-66(50-16-7-9-18-52(50)76(104)68(54)70)72(78(106)98(59)2)74(102)42-13-10-14-46(34-42)124(107,108)109/h3-30,33-34,36-40,86,88H,31-32,35H2,1-2H3,(H,107,108,109)(H,110,111,112)(H,113,114,115)(H,116,117,118)(H,119,120,121)(H2,84,89,91,92,93)(H3,85,87,90,94,95,96). The van der Waals surface area contributed by atoms with Crippen LogP contribution in [0.5, 0.6) is 11.5 Å². The van der Waals surface area contributed by atoms with Crippen molar-refractivity contribution in [2.45, 2.75) is 30.9 Å². The Morgan fingerprint density at radius 3 is 1.30 bits per heavy atom. The molecule has 45 heteroatoms. The van der Waals surface area contributed by atoms with E-state index >= 15 is 4.79 Å². The number of fused-ring (bicyclic) bond motifs is 4. The number of anilines is 12. The van der Waals surface area contributed by atoms with Crippen molar-refractivity contribution in [3.63, 3.8) is 0 Å². The Hall–Kier alpha value is -15.6. The van der Waals surface area contributed by atoms with E-state index < -0.39 is 145 Å². The minimum atomic E-state index is -5.24. The van der Waals surface area contributed by atoms with Gasteiger partial charge in [0.1, 0.15) is 10.7 Å². The highest BCUT2D eigenvalue weighted by Gasteiger charge is 2.38. The number of hydrogen-bond acceptors (Lipinski definition) is 33. The van der Waals surface area contributed by atoms with E-state index in [0.29, 0.717) is 5.56 Å². The fourth-order valence-electron chi connectivity index (χ4n) is 14.9. The number of carbonyl (C=O) groups excluding carboxylic acids is 6. The molecule has 0 unspecified atom stereocenters. The van der Waals surface area contributed by atoms with Gasteiger partial charge in [0.15, 0.2) is 34.6 Å². The summed E-state index contributed by atoms with van der Waals surface area (Å²) in [7, 11) is -22.5. The number of pyridine rings is 2. The van der Waals surface area contributed by atoms with Crippen molar-refractivity contribution in [3.05, 3.63) is 277 Å². The molecule has 14 aromatic rings. The van der Waals surface area contributed by atoms with Crippen LogP contribution >= 0.6 is 0 Å². The van der Waals surface area contributed by atoms with Crippen LogP contribution in [0.3, 0.4) is 0 Å². The second-order valence-electron chi connectivity index (χ2n) is 28.3. The van der Waals surface area contributed by atoms with Crippen LogP contribution in [0.1, 0.15) is 75.1 Å². The molecule has 10 aromatic carbocycles.